The van der Waals surface area contributed by atoms with Crippen LogP contribution in [0.2, 0.25) is 0 Å². The second kappa shape index (κ2) is 10.2. The van der Waals surface area contributed by atoms with Crippen LogP contribution >= 0.6 is 24.0 Å². The maximum absolute atomic E-state index is 13.1. The first-order valence-electron chi connectivity index (χ1n) is 8.93. The average molecular weight is 418 g/mol. The maximum atomic E-state index is 13.1. The number of carbonyl (C=O) groups is 1. The summed E-state index contributed by atoms with van der Waals surface area (Å²) >= 11 is 6.79. The van der Waals surface area contributed by atoms with Crippen molar-refractivity contribution in [1.29, 1.82) is 0 Å². The highest BCUT2D eigenvalue weighted by molar-refractivity contribution is 8.23. The molecule has 0 saturated carbocycles. The van der Waals surface area contributed by atoms with E-state index in [9.17, 15) is 14.9 Å². The second-order valence-electron chi connectivity index (χ2n) is 6.11. The van der Waals surface area contributed by atoms with Gasteiger partial charge in [0.05, 0.1) is 4.92 Å². The Kier molecular flexibility index (Phi) is 7.95. The lowest BCUT2D eigenvalue weighted by molar-refractivity contribution is -0.384. The molecule has 0 aliphatic carbocycles. The molecule has 2 aromatic carbocycles. The van der Waals surface area contributed by atoms with Gasteiger partial charge >= 0.3 is 0 Å². The van der Waals surface area contributed by atoms with Crippen LogP contribution in [0.5, 0.6) is 0 Å². The molecule has 0 radical (unpaired) electrons. The van der Waals surface area contributed by atoms with E-state index in [1.165, 1.54) is 17.8 Å². The molecule has 0 fully saturated rings. The van der Waals surface area contributed by atoms with Gasteiger partial charge in [0.25, 0.3) is 5.69 Å². The van der Waals surface area contributed by atoms with Gasteiger partial charge in [-0.1, -0.05) is 60.4 Å². The molecule has 1 amide bonds. The van der Waals surface area contributed by atoms with Crippen molar-refractivity contribution in [3.05, 3.63) is 69.8 Å². The summed E-state index contributed by atoms with van der Waals surface area (Å²) in [5.74, 6) is -0.349. The van der Waals surface area contributed by atoms with Gasteiger partial charge in [-0.2, -0.15) is 0 Å². The first-order valence-corrected chi connectivity index (χ1v) is 10.2. The van der Waals surface area contributed by atoms with E-state index in [0.29, 0.717) is 4.32 Å². The van der Waals surface area contributed by atoms with Crippen LogP contribution in [-0.4, -0.2) is 33.1 Å². The third-order valence-electron chi connectivity index (χ3n) is 4.19. The molecule has 28 heavy (non-hydrogen) atoms. The van der Waals surface area contributed by atoms with Gasteiger partial charge in [-0.05, 0) is 38.0 Å². The highest BCUT2D eigenvalue weighted by Crippen LogP contribution is 2.34. The van der Waals surface area contributed by atoms with E-state index in [2.05, 4.69) is 5.32 Å². The van der Waals surface area contributed by atoms with Crippen molar-refractivity contribution in [3.8, 4) is 0 Å². The Morgan fingerprint density at radius 1 is 1.21 bits per heavy atom. The maximum Gasteiger partial charge on any atom is 0.293 e. The van der Waals surface area contributed by atoms with E-state index in [4.69, 9.17) is 12.2 Å². The number of nitrogens with zero attached hydrogens (tertiary/aromatic N) is 2. The lowest BCUT2D eigenvalue weighted by Crippen LogP contribution is -2.29. The fourth-order valence-corrected chi connectivity index (χ4v) is 4.27. The SMILES string of the molecule is CCN(CC)C(=S)S[C@H](C(=O)Nc1ccc(C)cc1[N+](=O)[O-])c1ccccc1. The number of hydrogen-bond acceptors (Lipinski definition) is 5. The third kappa shape index (κ3) is 5.53. The Balaban J connectivity index is 2.32. The fraction of sp³-hybridized carbons (Fsp3) is 0.300. The van der Waals surface area contributed by atoms with Gasteiger partial charge in [-0.15, -0.1) is 0 Å². The zero-order valence-electron chi connectivity index (χ0n) is 16.0. The summed E-state index contributed by atoms with van der Waals surface area (Å²) in [6, 6.07) is 14.0. The van der Waals surface area contributed by atoms with Gasteiger partial charge in [-0.25, -0.2) is 0 Å². The molecule has 0 heterocycles. The van der Waals surface area contributed by atoms with Crippen LogP contribution in [-0.2, 0) is 4.79 Å². The zero-order valence-corrected chi connectivity index (χ0v) is 17.7. The largest absolute Gasteiger partial charge is 0.358 e. The summed E-state index contributed by atoms with van der Waals surface area (Å²) in [6.07, 6.45) is 0. The van der Waals surface area contributed by atoms with Crippen molar-refractivity contribution in [1.82, 2.24) is 4.90 Å². The summed E-state index contributed by atoms with van der Waals surface area (Å²) in [5, 5.41) is 13.5. The first kappa shape index (κ1) is 21.8. The molecule has 8 heteroatoms. The molecular formula is C20H23N3O3S2. The molecule has 0 saturated heterocycles. The van der Waals surface area contributed by atoms with Crippen LogP contribution in [0.25, 0.3) is 0 Å². The number of nitrogens with one attached hydrogen (secondary N) is 1. The van der Waals surface area contributed by atoms with Crippen molar-refractivity contribution in [2.75, 3.05) is 18.4 Å². The number of benzene rings is 2. The number of anilines is 1. The quantitative estimate of drug-likeness (QED) is 0.391. The highest BCUT2D eigenvalue weighted by Gasteiger charge is 2.26. The molecule has 1 N–H and O–H groups in total. The molecule has 0 aliphatic rings. The third-order valence-corrected chi connectivity index (χ3v) is 5.92. The zero-order chi connectivity index (χ0) is 20.7. The molecule has 0 aliphatic heterocycles. The number of amides is 1. The van der Waals surface area contributed by atoms with E-state index in [-0.39, 0.29) is 17.3 Å². The smallest absolute Gasteiger partial charge is 0.293 e. The lowest BCUT2D eigenvalue weighted by Gasteiger charge is -2.24. The Bertz CT molecular complexity index is 855. The van der Waals surface area contributed by atoms with Crippen LogP contribution in [0.3, 0.4) is 0 Å². The Morgan fingerprint density at radius 3 is 2.43 bits per heavy atom. The Labute approximate surface area is 174 Å². The predicted octanol–water partition coefficient (Wildman–Crippen LogP) is 4.94. The predicted molar refractivity (Wildman–Crippen MR) is 119 cm³/mol. The van der Waals surface area contributed by atoms with Gasteiger partial charge < -0.3 is 10.2 Å². The molecule has 0 bridgehead atoms. The minimum Gasteiger partial charge on any atom is -0.358 e. The molecule has 0 aromatic heterocycles. The van der Waals surface area contributed by atoms with Crippen LogP contribution in [0.15, 0.2) is 48.5 Å². The topological polar surface area (TPSA) is 75.5 Å². The number of nitro benzene ring substituents is 1. The molecular weight excluding hydrogens is 394 g/mol. The Hall–Kier alpha value is -2.45. The van der Waals surface area contributed by atoms with E-state index < -0.39 is 10.2 Å². The van der Waals surface area contributed by atoms with Gasteiger partial charge in [0, 0.05) is 19.2 Å². The number of thiocarbonyl (C=S) groups is 1. The number of aryl methyl sites for hydroxylation is 1. The minimum absolute atomic E-state index is 0.128. The monoisotopic (exact) mass is 417 g/mol. The van der Waals surface area contributed by atoms with Crippen LogP contribution in [0.4, 0.5) is 11.4 Å². The summed E-state index contributed by atoms with van der Waals surface area (Å²) in [6.45, 7) is 7.26. The standard InChI is InChI=1S/C20H23N3O3S2/c1-4-22(5-2)20(27)28-18(15-9-7-6-8-10-15)19(24)21-16-12-11-14(3)13-17(16)23(25)26/h6-13,18H,4-5H2,1-3H3,(H,21,24)/t18-/m0/s1. The summed E-state index contributed by atoms with van der Waals surface area (Å²) < 4.78 is 0.618. The molecule has 148 valence electrons. The first-order chi connectivity index (χ1) is 13.4. The summed E-state index contributed by atoms with van der Waals surface area (Å²) in [5.41, 5.74) is 1.59. The van der Waals surface area contributed by atoms with Gasteiger partial charge in [0.2, 0.25) is 5.91 Å². The number of hydrogen-bond donors (Lipinski definition) is 1. The molecule has 0 unspecified atom stereocenters. The van der Waals surface area contributed by atoms with Crippen molar-refractivity contribution in [2.45, 2.75) is 26.0 Å². The molecule has 0 spiro atoms. The summed E-state index contributed by atoms with van der Waals surface area (Å²) in [7, 11) is 0. The van der Waals surface area contributed by atoms with E-state index in [0.717, 1.165) is 24.2 Å². The minimum atomic E-state index is -0.616. The number of carbonyl (C=O) groups excluding carboxylic acids is 1. The average Bonchev–Trinajstić information content (AvgIpc) is 2.68. The van der Waals surface area contributed by atoms with Gasteiger partial charge in [-0.3, -0.25) is 14.9 Å². The van der Waals surface area contributed by atoms with E-state index >= 15 is 0 Å². The van der Waals surface area contributed by atoms with Crippen molar-refractivity contribution in [3.63, 3.8) is 0 Å². The number of thioether (sulfide) groups is 1. The Morgan fingerprint density at radius 2 is 1.86 bits per heavy atom. The van der Waals surface area contributed by atoms with Crippen molar-refractivity contribution in [2.24, 2.45) is 0 Å². The fourth-order valence-electron chi connectivity index (χ4n) is 2.65. The number of rotatable bonds is 7. The van der Waals surface area contributed by atoms with E-state index in [1.807, 2.05) is 49.1 Å². The van der Waals surface area contributed by atoms with Crippen molar-refractivity contribution >= 4 is 45.6 Å². The summed E-state index contributed by atoms with van der Waals surface area (Å²) in [4.78, 5) is 25.9. The molecule has 2 rings (SSSR count). The van der Waals surface area contributed by atoms with Crippen LogP contribution in [0, 0.1) is 17.0 Å². The van der Waals surface area contributed by atoms with Crippen molar-refractivity contribution < 1.29 is 9.72 Å². The molecule has 2 aromatic rings. The normalized spacial score (nSPS) is 11.5. The van der Waals surface area contributed by atoms with Gasteiger partial charge in [0.15, 0.2) is 0 Å². The molecule has 6 nitrogen and oxygen atoms in total. The lowest BCUT2D eigenvalue weighted by atomic mass is 10.1. The van der Waals surface area contributed by atoms with Crippen LogP contribution in [0.1, 0.15) is 30.2 Å². The number of nitro groups is 1. The highest BCUT2D eigenvalue weighted by atomic mass is 32.2. The second-order valence-corrected chi connectivity index (χ2v) is 7.85. The van der Waals surface area contributed by atoms with Crippen LogP contribution < -0.4 is 5.32 Å². The molecule has 1 atom stereocenters. The van der Waals surface area contributed by atoms with E-state index in [1.54, 1.807) is 19.1 Å². The van der Waals surface area contributed by atoms with Gasteiger partial charge in [0.1, 0.15) is 15.3 Å².